The molecule has 0 radical (unpaired) electrons. The Labute approximate surface area is 130 Å². The van der Waals surface area contributed by atoms with E-state index in [-0.39, 0.29) is 11.4 Å². The van der Waals surface area contributed by atoms with Gasteiger partial charge in [-0.3, -0.25) is 4.79 Å². The van der Waals surface area contributed by atoms with Crippen molar-refractivity contribution in [1.29, 1.82) is 0 Å². The number of aromatic nitrogens is 2. The number of nitrogens with one attached hydrogen (secondary N) is 1. The van der Waals surface area contributed by atoms with Gasteiger partial charge in [0.05, 0.1) is 17.4 Å². The van der Waals surface area contributed by atoms with Gasteiger partial charge in [0, 0.05) is 18.3 Å². The van der Waals surface area contributed by atoms with Crippen LogP contribution in [0.2, 0.25) is 0 Å². The van der Waals surface area contributed by atoms with Crippen LogP contribution < -0.4 is 11.1 Å². The minimum Gasteiger partial charge on any atom is -0.350 e. The monoisotopic (exact) mass is 298 g/mol. The Balaban J connectivity index is 1.62. The van der Waals surface area contributed by atoms with Crippen molar-refractivity contribution in [3.63, 3.8) is 0 Å². The Morgan fingerprint density at radius 1 is 1.23 bits per heavy atom. The molecule has 1 aliphatic rings. The molecule has 5 nitrogen and oxygen atoms in total. The maximum Gasteiger partial charge on any atom is 0.254 e. The van der Waals surface area contributed by atoms with E-state index in [1.807, 2.05) is 30.3 Å². The average Bonchev–Trinajstić information content (AvgIpc) is 3.04. The lowest BCUT2D eigenvalue weighted by atomic mass is 9.82. The molecule has 116 valence electrons. The summed E-state index contributed by atoms with van der Waals surface area (Å²) >= 11 is 0. The highest BCUT2D eigenvalue weighted by Gasteiger charge is 2.27. The zero-order valence-electron chi connectivity index (χ0n) is 12.7. The molecule has 3 rings (SSSR count). The first kappa shape index (κ1) is 14.8. The molecule has 1 aromatic heterocycles. The van der Waals surface area contributed by atoms with Crippen LogP contribution in [0, 0.1) is 0 Å². The molecule has 0 bridgehead atoms. The second kappa shape index (κ2) is 6.32. The first-order chi connectivity index (χ1) is 10.7. The number of carbonyl (C=O) groups is 1. The van der Waals surface area contributed by atoms with E-state index >= 15 is 0 Å². The number of benzene rings is 1. The third-order valence-corrected chi connectivity index (χ3v) is 4.32. The number of rotatable bonds is 4. The highest BCUT2D eigenvalue weighted by molar-refractivity contribution is 5.93. The molecule has 1 saturated carbocycles. The van der Waals surface area contributed by atoms with E-state index in [4.69, 9.17) is 5.73 Å². The maximum absolute atomic E-state index is 12.3. The van der Waals surface area contributed by atoms with Gasteiger partial charge in [0.2, 0.25) is 0 Å². The third kappa shape index (κ3) is 3.36. The van der Waals surface area contributed by atoms with Crippen LogP contribution in [0.4, 0.5) is 0 Å². The first-order valence-electron chi connectivity index (χ1n) is 7.84. The van der Waals surface area contributed by atoms with Crippen molar-refractivity contribution in [3.8, 4) is 5.69 Å². The summed E-state index contributed by atoms with van der Waals surface area (Å²) < 4.78 is 1.70. The fraction of sp³-hybridized carbons (Fsp3) is 0.412. The Bertz CT molecular complexity index is 629. The predicted octanol–water partition coefficient (Wildman–Crippen LogP) is 2.26. The van der Waals surface area contributed by atoms with Crippen LogP contribution in [0.25, 0.3) is 5.69 Å². The molecule has 1 aromatic carbocycles. The van der Waals surface area contributed by atoms with Crippen LogP contribution in [0.3, 0.4) is 0 Å². The summed E-state index contributed by atoms with van der Waals surface area (Å²) in [6.45, 7) is 0.530. The van der Waals surface area contributed by atoms with Crippen molar-refractivity contribution in [2.45, 2.75) is 37.6 Å². The maximum atomic E-state index is 12.3. The van der Waals surface area contributed by atoms with E-state index in [1.165, 1.54) is 6.42 Å². The van der Waals surface area contributed by atoms with E-state index in [9.17, 15) is 4.79 Å². The summed E-state index contributed by atoms with van der Waals surface area (Å²) in [7, 11) is 0. The normalized spacial score (nSPS) is 17.1. The van der Waals surface area contributed by atoms with Crippen molar-refractivity contribution in [2.75, 3.05) is 6.54 Å². The minimum absolute atomic E-state index is 0.113. The smallest absolute Gasteiger partial charge is 0.254 e. The van der Waals surface area contributed by atoms with Crippen LogP contribution in [0.1, 0.15) is 42.5 Å². The molecule has 3 N–H and O–H groups in total. The van der Waals surface area contributed by atoms with Gasteiger partial charge in [-0.05, 0) is 25.0 Å². The van der Waals surface area contributed by atoms with E-state index in [2.05, 4.69) is 10.4 Å². The van der Waals surface area contributed by atoms with E-state index < -0.39 is 0 Å². The number of nitrogens with two attached hydrogens (primary N) is 1. The minimum atomic E-state index is -0.247. The fourth-order valence-corrected chi connectivity index (χ4v) is 2.95. The number of hydrogen-bond donors (Lipinski definition) is 2. The first-order valence-corrected chi connectivity index (χ1v) is 7.84. The molecule has 0 saturated heterocycles. The van der Waals surface area contributed by atoms with Crippen LogP contribution in [0.5, 0.6) is 0 Å². The van der Waals surface area contributed by atoms with E-state index in [0.717, 1.165) is 31.4 Å². The molecular formula is C17H22N4O. The molecule has 22 heavy (non-hydrogen) atoms. The van der Waals surface area contributed by atoms with Crippen molar-refractivity contribution in [3.05, 3.63) is 48.3 Å². The third-order valence-electron chi connectivity index (χ3n) is 4.32. The molecule has 2 aromatic rings. The summed E-state index contributed by atoms with van der Waals surface area (Å²) in [4.78, 5) is 12.3. The molecule has 0 spiro atoms. The second-order valence-corrected chi connectivity index (χ2v) is 6.11. The van der Waals surface area contributed by atoms with Gasteiger partial charge in [-0.15, -0.1) is 0 Å². The largest absolute Gasteiger partial charge is 0.350 e. The van der Waals surface area contributed by atoms with Crippen molar-refractivity contribution < 1.29 is 4.79 Å². The summed E-state index contributed by atoms with van der Waals surface area (Å²) in [5.74, 6) is -0.113. The van der Waals surface area contributed by atoms with Gasteiger partial charge in [0.25, 0.3) is 5.91 Å². The molecule has 1 aliphatic carbocycles. The molecule has 1 fully saturated rings. The summed E-state index contributed by atoms with van der Waals surface area (Å²) in [6, 6.07) is 9.73. The average molecular weight is 298 g/mol. The highest BCUT2D eigenvalue weighted by atomic mass is 16.1. The van der Waals surface area contributed by atoms with Gasteiger partial charge < -0.3 is 11.1 Å². The number of carbonyl (C=O) groups excluding carboxylic acids is 1. The lowest BCUT2D eigenvalue weighted by Crippen LogP contribution is -2.51. The molecular weight excluding hydrogens is 276 g/mol. The van der Waals surface area contributed by atoms with Gasteiger partial charge in [-0.1, -0.05) is 37.5 Å². The number of amides is 1. The lowest BCUT2D eigenvalue weighted by Gasteiger charge is -2.33. The topological polar surface area (TPSA) is 72.9 Å². The summed E-state index contributed by atoms with van der Waals surface area (Å²) in [5, 5.41) is 7.20. The standard InChI is InChI=1S/C17H22N4O/c18-17(9-5-2-6-10-17)13-19-16(22)14-11-20-21(12-14)15-7-3-1-4-8-15/h1,3-4,7-8,11-12H,2,5-6,9-10,13,18H2,(H,19,22). The van der Waals surface area contributed by atoms with Crippen LogP contribution in [0.15, 0.2) is 42.7 Å². The zero-order chi connectivity index (χ0) is 15.4. The van der Waals surface area contributed by atoms with E-state index in [0.29, 0.717) is 12.1 Å². The van der Waals surface area contributed by atoms with Crippen molar-refractivity contribution in [1.82, 2.24) is 15.1 Å². The van der Waals surface area contributed by atoms with Crippen LogP contribution in [-0.2, 0) is 0 Å². The molecule has 5 heteroatoms. The van der Waals surface area contributed by atoms with Gasteiger partial charge in [-0.25, -0.2) is 4.68 Å². The SMILES string of the molecule is NC1(CNC(=O)c2cnn(-c3ccccc3)c2)CCCCC1. The predicted molar refractivity (Wildman–Crippen MR) is 85.9 cm³/mol. The van der Waals surface area contributed by atoms with Gasteiger partial charge in [0.1, 0.15) is 0 Å². The Morgan fingerprint density at radius 3 is 2.68 bits per heavy atom. The van der Waals surface area contributed by atoms with E-state index in [1.54, 1.807) is 17.1 Å². The van der Waals surface area contributed by atoms with Crippen LogP contribution >= 0.6 is 0 Å². The second-order valence-electron chi connectivity index (χ2n) is 6.11. The van der Waals surface area contributed by atoms with Gasteiger partial charge in [-0.2, -0.15) is 5.10 Å². The zero-order valence-corrected chi connectivity index (χ0v) is 12.7. The molecule has 0 unspecified atom stereocenters. The molecule has 1 amide bonds. The molecule has 1 heterocycles. The van der Waals surface area contributed by atoms with Crippen molar-refractivity contribution >= 4 is 5.91 Å². The quantitative estimate of drug-likeness (QED) is 0.909. The fourth-order valence-electron chi connectivity index (χ4n) is 2.95. The van der Waals surface area contributed by atoms with Gasteiger partial charge in [0.15, 0.2) is 0 Å². The number of hydrogen-bond acceptors (Lipinski definition) is 3. The Hall–Kier alpha value is -2.14. The molecule has 0 atom stereocenters. The van der Waals surface area contributed by atoms with Crippen molar-refractivity contribution in [2.24, 2.45) is 5.73 Å². The lowest BCUT2D eigenvalue weighted by molar-refractivity contribution is 0.0937. The highest BCUT2D eigenvalue weighted by Crippen LogP contribution is 2.25. The van der Waals surface area contributed by atoms with Crippen LogP contribution in [-0.4, -0.2) is 27.8 Å². The summed E-state index contributed by atoms with van der Waals surface area (Å²) in [6.07, 6.45) is 8.85. The molecule has 0 aliphatic heterocycles. The van der Waals surface area contributed by atoms with Gasteiger partial charge >= 0.3 is 0 Å². The number of para-hydroxylation sites is 1. The Kier molecular flexibility index (Phi) is 4.24. The number of nitrogens with zero attached hydrogens (tertiary/aromatic N) is 2. The Morgan fingerprint density at radius 2 is 1.95 bits per heavy atom. The summed E-state index contributed by atoms with van der Waals surface area (Å²) in [5.41, 5.74) is 7.59.